The zero-order chi connectivity index (χ0) is 17.6. The molecule has 0 aromatic heterocycles. The fraction of sp³-hybridized carbons (Fsp3) is 0.333. The Morgan fingerprint density at radius 2 is 1.72 bits per heavy atom. The third-order valence-corrected chi connectivity index (χ3v) is 4.54. The summed E-state index contributed by atoms with van der Waals surface area (Å²) in [5.74, 6) is 0.316. The van der Waals surface area contributed by atoms with E-state index in [1.165, 1.54) is 43.2 Å². The van der Waals surface area contributed by atoms with Crippen molar-refractivity contribution in [1.29, 1.82) is 0 Å². The van der Waals surface area contributed by atoms with E-state index in [9.17, 15) is 13.5 Å². The first-order valence-corrected chi connectivity index (χ1v) is 9.39. The van der Waals surface area contributed by atoms with Gasteiger partial charge >= 0.3 is 51.4 Å². The van der Waals surface area contributed by atoms with Crippen molar-refractivity contribution in [3.05, 3.63) is 48.0 Å². The van der Waals surface area contributed by atoms with E-state index in [4.69, 9.17) is 9.29 Å². The standard InChI is InChI=1S/C18H22O5S.K/c1-2-3-4-5-6-14-7-12-17(19)18(13-14)23-15-8-10-16(11-9-15)24(20,21)22;/h7-13,19H,2-6H2,1H3,(H,20,21,22);/q;+1/p-1. The fourth-order valence-electron chi connectivity index (χ4n) is 2.35. The van der Waals surface area contributed by atoms with E-state index in [0.717, 1.165) is 24.8 Å². The molecular formula is C18H21KO5S. The van der Waals surface area contributed by atoms with Crippen LogP contribution in [-0.2, 0) is 16.5 Å². The molecular weight excluding hydrogens is 367 g/mol. The minimum Gasteiger partial charge on any atom is -0.870 e. The Morgan fingerprint density at radius 1 is 1.04 bits per heavy atom. The van der Waals surface area contributed by atoms with Crippen LogP contribution in [0.2, 0.25) is 0 Å². The maximum absolute atomic E-state index is 11.9. The molecule has 0 fully saturated rings. The topological polar surface area (TPSA) is 86.7 Å². The van der Waals surface area contributed by atoms with Gasteiger partial charge in [0.05, 0.1) is 4.90 Å². The SMILES string of the molecule is CCCCCCc1ccc([O-])c(Oc2ccc(S(=O)(=O)O)cc2)c1.[K+]. The minimum atomic E-state index is -4.24. The van der Waals surface area contributed by atoms with Crippen LogP contribution < -0.4 is 61.2 Å². The van der Waals surface area contributed by atoms with Gasteiger partial charge in [-0.2, -0.15) is 8.42 Å². The maximum atomic E-state index is 11.9. The monoisotopic (exact) mass is 388 g/mol. The molecule has 0 aliphatic heterocycles. The third-order valence-electron chi connectivity index (χ3n) is 3.68. The molecule has 5 nitrogen and oxygen atoms in total. The maximum Gasteiger partial charge on any atom is 1.00 e. The first-order valence-electron chi connectivity index (χ1n) is 7.95. The molecule has 1 N–H and O–H groups in total. The molecule has 0 heterocycles. The van der Waals surface area contributed by atoms with Crippen molar-refractivity contribution < 1.29 is 74.2 Å². The van der Waals surface area contributed by atoms with Gasteiger partial charge in [-0.15, -0.1) is 0 Å². The average molecular weight is 389 g/mol. The number of hydrogen-bond acceptors (Lipinski definition) is 4. The number of hydrogen-bond donors (Lipinski definition) is 1. The van der Waals surface area contributed by atoms with Crippen LogP contribution >= 0.6 is 0 Å². The smallest absolute Gasteiger partial charge is 0.870 e. The second-order valence-electron chi connectivity index (χ2n) is 5.64. The van der Waals surface area contributed by atoms with Crippen LogP contribution in [0.5, 0.6) is 17.2 Å². The summed E-state index contributed by atoms with van der Waals surface area (Å²) < 4.78 is 36.5. The zero-order valence-electron chi connectivity index (χ0n) is 14.6. The van der Waals surface area contributed by atoms with Gasteiger partial charge in [-0.25, -0.2) is 0 Å². The van der Waals surface area contributed by atoms with Crippen molar-refractivity contribution in [2.75, 3.05) is 0 Å². The molecule has 0 unspecified atom stereocenters. The molecule has 0 radical (unpaired) electrons. The van der Waals surface area contributed by atoms with Crippen molar-refractivity contribution in [3.63, 3.8) is 0 Å². The number of unbranched alkanes of at least 4 members (excludes halogenated alkanes) is 3. The van der Waals surface area contributed by atoms with Crippen LogP contribution in [0.1, 0.15) is 38.2 Å². The Kier molecular flexibility index (Phi) is 9.65. The summed E-state index contributed by atoms with van der Waals surface area (Å²) in [5.41, 5.74) is 1.04. The summed E-state index contributed by atoms with van der Waals surface area (Å²) in [4.78, 5) is -0.220. The van der Waals surface area contributed by atoms with Gasteiger partial charge in [0.15, 0.2) is 0 Å². The van der Waals surface area contributed by atoms with Gasteiger partial charge in [-0.05, 0) is 48.7 Å². The van der Waals surface area contributed by atoms with E-state index in [0.29, 0.717) is 5.75 Å². The molecule has 0 spiro atoms. The van der Waals surface area contributed by atoms with Gasteiger partial charge in [0.2, 0.25) is 0 Å². The molecule has 2 aromatic carbocycles. The van der Waals surface area contributed by atoms with Gasteiger partial charge in [0.1, 0.15) is 11.5 Å². The molecule has 0 saturated heterocycles. The van der Waals surface area contributed by atoms with Crippen molar-refractivity contribution in [1.82, 2.24) is 0 Å². The first kappa shape index (κ1) is 22.6. The first-order chi connectivity index (χ1) is 11.4. The molecule has 0 atom stereocenters. The Morgan fingerprint density at radius 3 is 2.32 bits per heavy atom. The van der Waals surface area contributed by atoms with Crippen LogP contribution in [-0.4, -0.2) is 13.0 Å². The summed E-state index contributed by atoms with van der Waals surface area (Å²) in [5, 5.41) is 11.9. The molecule has 0 aliphatic rings. The normalized spacial score (nSPS) is 11.0. The van der Waals surface area contributed by atoms with Crippen molar-refractivity contribution >= 4 is 10.1 Å². The van der Waals surface area contributed by atoms with Crippen LogP contribution in [0, 0.1) is 0 Å². The Labute approximate surface area is 191 Å². The largest absolute Gasteiger partial charge is 1.00 e. The zero-order valence-corrected chi connectivity index (χ0v) is 18.5. The van der Waals surface area contributed by atoms with Gasteiger partial charge in [-0.3, -0.25) is 4.55 Å². The Balaban J connectivity index is 0.00000312. The molecule has 7 heteroatoms. The molecule has 2 aromatic rings. The molecule has 0 bridgehead atoms. The predicted octanol–water partition coefficient (Wildman–Crippen LogP) is 0.926. The van der Waals surface area contributed by atoms with E-state index in [-0.39, 0.29) is 67.8 Å². The molecule has 0 saturated carbocycles. The number of rotatable bonds is 8. The molecule has 2 rings (SSSR count). The summed E-state index contributed by atoms with van der Waals surface area (Å²) in [6, 6.07) is 10.3. The average Bonchev–Trinajstić information content (AvgIpc) is 2.54. The van der Waals surface area contributed by atoms with E-state index in [2.05, 4.69) is 6.92 Å². The van der Waals surface area contributed by atoms with Gasteiger partial charge in [-0.1, -0.05) is 44.1 Å². The number of aryl methyl sites for hydroxylation is 1. The van der Waals surface area contributed by atoms with Crippen LogP contribution in [0.15, 0.2) is 47.4 Å². The van der Waals surface area contributed by atoms with Crippen LogP contribution in [0.3, 0.4) is 0 Å². The Hall–Kier alpha value is -0.414. The number of ether oxygens (including phenoxy) is 1. The second-order valence-corrected chi connectivity index (χ2v) is 7.06. The Bertz CT molecular complexity index is 773. The molecule has 25 heavy (non-hydrogen) atoms. The van der Waals surface area contributed by atoms with Gasteiger partial charge < -0.3 is 9.84 Å². The second kappa shape index (κ2) is 10.7. The number of benzene rings is 2. The molecule has 0 amide bonds. The van der Waals surface area contributed by atoms with Gasteiger partial charge in [0, 0.05) is 0 Å². The summed E-state index contributed by atoms with van der Waals surface area (Å²) in [7, 11) is -4.24. The summed E-state index contributed by atoms with van der Waals surface area (Å²) >= 11 is 0. The van der Waals surface area contributed by atoms with Crippen molar-refractivity contribution in [3.8, 4) is 17.2 Å². The van der Waals surface area contributed by atoms with Crippen molar-refractivity contribution in [2.24, 2.45) is 0 Å². The fourth-order valence-corrected chi connectivity index (χ4v) is 2.83. The minimum absolute atomic E-state index is 0. The van der Waals surface area contributed by atoms with E-state index in [1.54, 1.807) is 6.07 Å². The van der Waals surface area contributed by atoms with E-state index in [1.807, 2.05) is 6.07 Å². The molecule has 130 valence electrons. The van der Waals surface area contributed by atoms with Gasteiger partial charge in [0.25, 0.3) is 10.1 Å². The third kappa shape index (κ3) is 7.38. The molecule has 0 aliphatic carbocycles. The van der Waals surface area contributed by atoms with E-state index < -0.39 is 10.1 Å². The summed E-state index contributed by atoms with van der Waals surface area (Å²) in [6.07, 6.45) is 5.48. The van der Waals surface area contributed by atoms with Crippen LogP contribution in [0.4, 0.5) is 0 Å². The van der Waals surface area contributed by atoms with E-state index >= 15 is 0 Å². The van der Waals surface area contributed by atoms with Crippen LogP contribution in [0.25, 0.3) is 0 Å². The summed E-state index contributed by atoms with van der Waals surface area (Å²) in [6.45, 7) is 2.16. The predicted molar refractivity (Wildman–Crippen MR) is 90.1 cm³/mol. The quantitative estimate of drug-likeness (QED) is 0.413. The van der Waals surface area contributed by atoms with Crippen molar-refractivity contribution in [2.45, 2.75) is 43.9 Å².